The van der Waals surface area contributed by atoms with Gasteiger partial charge in [-0.05, 0) is 31.4 Å². The molecule has 0 aromatic carbocycles. The van der Waals surface area contributed by atoms with Crippen molar-refractivity contribution in [1.29, 1.82) is 0 Å². The Bertz CT molecular complexity index is 571. The molecule has 102 valence electrons. The second-order valence-corrected chi connectivity index (χ2v) is 5.69. The maximum Gasteiger partial charge on any atom is 0.266 e. The van der Waals surface area contributed by atoms with Gasteiger partial charge in [0.2, 0.25) is 0 Å². The second-order valence-electron chi connectivity index (χ2n) is 4.55. The van der Waals surface area contributed by atoms with E-state index in [0.29, 0.717) is 5.82 Å². The van der Waals surface area contributed by atoms with Crippen molar-refractivity contribution in [2.45, 2.75) is 40.0 Å². The van der Waals surface area contributed by atoms with E-state index in [1.54, 1.807) is 11.3 Å². The molecule has 2 N–H and O–H groups in total. The molecule has 0 saturated carbocycles. The summed E-state index contributed by atoms with van der Waals surface area (Å²) in [6.45, 7) is 6.19. The maximum atomic E-state index is 12.2. The smallest absolute Gasteiger partial charge is 0.266 e. The lowest BCUT2D eigenvalue weighted by Gasteiger charge is -1.97. The molecule has 1 amide bonds. The average Bonchev–Trinajstić information content (AvgIpc) is 2.96. The van der Waals surface area contributed by atoms with Gasteiger partial charge >= 0.3 is 0 Å². The molecule has 0 aliphatic carbocycles. The highest BCUT2D eigenvalue weighted by atomic mass is 32.1. The topological polar surface area (TPSA) is 57.8 Å². The van der Waals surface area contributed by atoms with E-state index in [-0.39, 0.29) is 5.91 Å². The van der Waals surface area contributed by atoms with Crippen molar-refractivity contribution in [3.05, 3.63) is 33.1 Å². The summed E-state index contributed by atoms with van der Waals surface area (Å²) in [5.41, 5.74) is 2.22. The van der Waals surface area contributed by atoms with Crippen LogP contribution in [-0.4, -0.2) is 16.1 Å². The molecule has 0 unspecified atom stereocenters. The first-order valence-electron chi connectivity index (χ1n) is 6.59. The molecule has 0 aliphatic heterocycles. The van der Waals surface area contributed by atoms with Crippen molar-refractivity contribution in [2.75, 3.05) is 5.32 Å². The normalized spacial score (nSPS) is 10.7. The lowest BCUT2D eigenvalue weighted by atomic mass is 10.1. The molecule has 0 radical (unpaired) electrons. The third-order valence-corrected chi connectivity index (χ3v) is 4.16. The van der Waals surface area contributed by atoms with Gasteiger partial charge in [-0.3, -0.25) is 9.89 Å². The summed E-state index contributed by atoms with van der Waals surface area (Å²) in [4.78, 5) is 14.2. The van der Waals surface area contributed by atoms with E-state index in [0.717, 1.165) is 29.8 Å². The van der Waals surface area contributed by atoms with E-state index in [9.17, 15) is 4.79 Å². The van der Waals surface area contributed by atoms with E-state index in [4.69, 9.17) is 0 Å². The zero-order chi connectivity index (χ0) is 13.8. The number of rotatable bonds is 5. The van der Waals surface area contributed by atoms with Crippen LogP contribution in [0.2, 0.25) is 0 Å². The van der Waals surface area contributed by atoms with Crippen LogP contribution in [0, 0.1) is 6.92 Å². The van der Waals surface area contributed by atoms with Gasteiger partial charge in [-0.2, -0.15) is 5.10 Å². The van der Waals surface area contributed by atoms with E-state index in [1.165, 1.54) is 10.4 Å². The predicted octanol–water partition coefficient (Wildman–Crippen LogP) is 3.55. The first kappa shape index (κ1) is 13.8. The Kier molecular flexibility index (Phi) is 4.37. The van der Waals surface area contributed by atoms with Crippen LogP contribution < -0.4 is 5.32 Å². The molecule has 0 spiro atoms. The molecule has 5 heteroatoms. The van der Waals surface area contributed by atoms with Crippen molar-refractivity contribution in [3.8, 4) is 0 Å². The van der Waals surface area contributed by atoms with Gasteiger partial charge in [0.05, 0.1) is 4.88 Å². The molecule has 2 heterocycles. The fourth-order valence-electron chi connectivity index (χ4n) is 1.98. The molecule has 2 aromatic heterocycles. The first-order chi connectivity index (χ1) is 9.13. The van der Waals surface area contributed by atoms with Crippen LogP contribution in [0.25, 0.3) is 0 Å². The van der Waals surface area contributed by atoms with Gasteiger partial charge in [-0.25, -0.2) is 0 Å². The molecule has 0 saturated heterocycles. The summed E-state index contributed by atoms with van der Waals surface area (Å²) >= 11 is 1.59. The number of nitrogens with one attached hydrogen (secondary N) is 2. The number of amides is 1. The Morgan fingerprint density at radius 3 is 2.79 bits per heavy atom. The number of hydrogen-bond acceptors (Lipinski definition) is 3. The van der Waals surface area contributed by atoms with Gasteiger partial charge in [0, 0.05) is 16.6 Å². The molecule has 2 rings (SSSR count). The summed E-state index contributed by atoms with van der Waals surface area (Å²) in [5.74, 6) is 0.500. The number of aromatic amines is 1. The highest BCUT2D eigenvalue weighted by molar-refractivity contribution is 7.14. The van der Waals surface area contributed by atoms with Gasteiger partial charge in [0.1, 0.15) is 0 Å². The lowest BCUT2D eigenvalue weighted by Crippen LogP contribution is -2.10. The minimum atomic E-state index is -0.0754. The van der Waals surface area contributed by atoms with Crippen molar-refractivity contribution < 1.29 is 4.79 Å². The molecule has 0 fully saturated rings. The summed E-state index contributed by atoms with van der Waals surface area (Å²) in [5, 5.41) is 9.64. The number of aryl methyl sites for hydroxylation is 3. The summed E-state index contributed by atoms with van der Waals surface area (Å²) in [6.07, 6.45) is 3.12. The number of carbonyl (C=O) groups excluding carboxylic acids is 1. The van der Waals surface area contributed by atoms with Gasteiger partial charge in [0.15, 0.2) is 5.82 Å². The summed E-state index contributed by atoms with van der Waals surface area (Å²) < 4.78 is 0. The Hall–Kier alpha value is -1.62. The van der Waals surface area contributed by atoms with Crippen LogP contribution in [-0.2, 0) is 12.8 Å². The molecule has 19 heavy (non-hydrogen) atoms. The van der Waals surface area contributed by atoms with E-state index < -0.39 is 0 Å². The van der Waals surface area contributed by atoms with Gasteiger partial charge in [-0.1, -0.05) is 20.3 Å². The Balaban J connectivity index is 2.14. The number of H-pyrrole nitrogens is 1. The van der Waals surface area contributed by atoms with Crippen molar-refractivity contribution in [2.24, 2.45) is 0 Å². The SMILES string of the molecule is CCCc1sc(C(=O)Nc2cc(C)[nH]n2)cc1CC. The number of carbonyl (C=O) groups is 1. The molecule has 0 aliphatic rings. The average molecular weight is 277 g/mol. The highest BCUT2D eigenvalue weighted by Crippen LogP contribution is 2.25. The number of anilines is 1. The Morgan fingerprint density at radius 1 is 1.42 bits per heavy atom. The van der Waals surface area contributed by atoms with E-state index in [2.05, 4.69) is 29.4 Å². The van der Waals surface area contributed by atoms with Crippen LogP contribution >= 0.6 is 11.3 Å². The van der Waals surface area contributed by atoms with Gasteiger partial charge in [0.25, 0.3) is 5.91 Å². The quantitative estimate of drug-likeness (QED) is 0.878. The second kappa shape index (κ2) is 6.02. The van der Waals surface area contributed by atoms with E-state index in [1.807, 2.05) is 19.1 Å². The maximum absolute atomic E-state index is 12.2. The fraction of sp³-hybridized carbons (Fsp3) is 0.429. The molecule has 4 nitrogen and oxygen atoms in total. The number of nitrogens with zero attached hydrogens (tertiary/aromatic N) is 1. The van der Waals surface area contributed by atoms with Crippen molar-refractivity contribution >= 4 is 23.1 Å². The number of aromatic nitrogens is 2. The summed E-state index contributed by atoms with van der Waals surface area (Å²) in [6, 6.07) is 3.82. The van der Waals surface area contributed by atoms with Crippen LogP contribution in [0.3, 0.4) is 0 Å². The van der Waals surface area contributed by atoms with Gasteiger partial charge in [-0.15, -0.1) is 11.3 Å². The predicted molar refractivity (Wildman–Crippen MR) is 79.0 cm³/mol. The Labute approximate surface area is 117 Å². The van der Waals surface area contributed by atoms with Crippen LogP contribution in [0.15, 0.2) is 12.1 Å². The molecular weight excluding hydrogens is 258 g/mol. The monoisotopic (exact) mass is 277 g/mol. The van der Waals surface area contributed by atoms with Crippen LogP contribution in [0.1, 0.15) is 46.1 Å². The molecular formula is C14H19N3OS. The Morgan fingerprint density at radius 2 is 2.21 bits per heavy atom. The standard InChI is InChI=1S/C14H19N3OS/c1-4-6-11-10(5-2)8-12(19-11)14(18)15-13-7-9(3)16-17-13/h7-8H,4-6H2,1-3H3,(H2,15,16,17,18). The third-order valence-electron chi connectivity index (χ3n) is 2.93. The first-order valence-corrected chi connectivity index (χ1v) is 7.40. The van der Waals surface area contributed by atoms with E-state index >= 15 is 0 Å². The van der Waals surface area contributed by atoms with Crippen LogP contribution in [0.5, 0.6) is 0 Å². The third kappa shape index (κ3) is 3.23. The highest BCUT2D eigenvalue weighted by Gasteiger charge is 2.14. The van der Waals surface area contributed by atoms with Crippen molar-refractivity contribution in [3.63, 3.8) is 0 Å². The fourth-order valence-corrected chi connectivity index (χ4v) is 3.23. The van der Waals surface area contributed by atoms with Crippen LogP contribution in [0.4, 0.5) is 5.82 Å². The minimum Gasteiger partial charge on any atom is -0.304 e. The minimum absolute atomic E-state index is 0.0754. The number of thiophene rings is 1. The zero-order valence-corrected chi connectivity index (χ0v) is 12.4. The lowest BCUT2D eigenvalue weighted by molar-refractivity contribution is 0.103. The number of hydrogen-bond donors (Lipinski definition) is 2. The van der Waals surface area contributed by atoms with Gasteiger partial charge < -0.3 is 5.32 Å². The van der Waals surface area contributed by atoms with Crippen molar-refractivity contribution in [1.82, 2.24) is 10.2 Å². The zero-order valence-electron chi connectivity index (χ0n) is 11.5. The molecule has 0 bridgehead atoms. The molecule has 0 atom stereocenters. The summed E-state index contributed by atoms with van der Waals surface area (Å²) in [7, 11) is 0. The molecule has 2 aromatic rings. The largest absolute Gasteiger partial charge is 0.304 e.